The predicted molar refractivity (Wildman–Crippen MR) is 107 cm³/mol. The van der Waals surface area contributed by atoms with Crippen LogP contribution in [0.5, 0.6) is 5.88 Å². The Labute approximate surface area is 159 Å². The van der Waals surface area contributed by atoms with E-state index >= 15 is 0 Å². The molecule has 5 nitrogen and oxygen atoms in total. The molecule has 0 aromatic carbocycles. The number of rotatable bonds is 17. The summed E-state index contributed by atoms with van der Waals surface area (Å²) in [6.45, 7) is 2.27. The SMILES string of the molecule is CCCCCCCCCCCCCCCCCc1nc(C(N)=O)c(O)[nH]1. The number of nitrogens with zero attached hydrogens (tertiary/aromatic N) is 1. The second kappa shape index (κ2) is 14.6. The molecule has 4 N–H and O–H groups in total. The van der Waals surface area contributed by atoms with Gasteiger partial charge in [-0.05, 0) is 6.42 Å². The van der Waals surface area contributed by atoms with Crippen LogP contribution < -0.4 is 5.73 Å². The first-order chi connectivity index (χ1) is 12.6. The lowest BCUT2D eigenvalue weighted by Gasteiger charge is -2.03. The molecular weight excluding hydrogens is 326 g/mol. The molecule has 0 bridgehead atoms. The van der Waals surface area contributed by atoms with Gasteiger partial charge in [0.05, 0.1) is 0 Å². The molecule has 0 saturated carbocycles. The summed E-state index contributed by atoms with van der Waals surface area (Å²) in [5.74, 6) is -0.263. The summed E-state index contributed by atoms with van der Waals surface area (Å²) in [5, 5.41) is 9.51. The maximum absolute atomic E-state index is 11.0. The fourth-order valence-corrected chi connectivity index (χ4v) is 3.37. The summed E-state index contributed by atoms with van der Waals surface area (Å²) < 4.78 is 0. The topological polar surface area (TPSA) is 92.0 Å². The van der Waals surface area contributed by atoms with E-state index in [0.717, 1.165) is 19.3 Å². The number of aryl methyl sites for hydroxylation is 1. The van der Waals surface area contributed by atoms with Crippen LogP contribution in [0.15, 0.2) is 0 Å². The van der Waals surface area contributed by atoms with Crippen LogP contribution in [0.4, 0.5) is 0 Å². The van der Waals surface area contributed by atoms with Gasteiger partial charge < -0.3 is 15.8 Å². The minimum atomic E-state index is -0.693. The summed E-state index contributed by atoms with van der Waals surface area (Å²) in [4.78, 5) is 17.8. The first kappa shape index (κ1) is 22.5. The van der Waals surface area contributed by atoms with Gasteiger partial charge in [0.2, 0.25) is 5.88 Å². The van der Waals surface area contributed by atoms with Crippen LogP contribution in [0, 0.1) is 0 Å². The van der Waals surface area contributed by atoms with E-state index in [1.54, 1.807) is 0 Å². The summed E-state index contributed by atoms with van der Waals surface area (Å²) in [5.41, 5.74) is 5.08. The van der Waals surface area contributed by atoms with Gasteiger partial charge in [-0.25, -0.2) is 4.98 Å². The number of carbonyl (C=O) groups excluding carboxylic acids is 1. The molecule has 0 aliphatic carbocycles. The summed E-state index contributed by atoms with van der Waals surface area (Å²) in [6.07, 6.45) is 20.8. The Morgan fingerprint density at radius 1 is 0.846 bits per heavy atom. The number of carbonyl (C=O) groups is 1. The van der Waals surface area contributed by atoms with Crippen LogP contribution in [-0.4, -0.2) is 21.0 Å². The number of H-pyrrole nitrogens is 1. The molecule has 1 aromatic rings. The number of primary amides is 1. The van der Waals surface area contributed by atoms with Crippen LogP contribution in [0.2, 0.25) is 0 Å². The van der Waals surface area contributed by atoms with E-state index in [-0.39, 0.29) is 11.6 Å². The number of nitrogens with two attached hydrogens (primary N) is 1. The highest BCUT2D eigenvalue weighted by atomic mass is 16.3. The Hall–Kier alpha value is -1.52. The maximum Gasteiger partial charge on any atom is 0.272 e. The lowest BCUT2D eigenvalue weighted by Crippen LogP contribution is -2.11. The molecule has 0 spiro atoms. The Morgan fingerprint density at radius 2 is 1.27 bits per heavy atom. The smallest absolute Gasteiger partial charge is 0.272 e. The van der Waals surface area contributed by atoms with Crippen molar-refractivity contribution in [2.45, 2.75) is 110 Å². The van der Waals surface area contributed by atoms with Gasteiger partial charge in [0.25, 0.3) is 5.91 Å². The molecule has 1 rings (SSSR count). The molecule has 0 unspecified atom stereocenters. The largest absolute Gasteiger partial charge is 0.493 e. The molecule has 0 aliphatic heterocycles. The second-order valence-electron chi connectivity index (χ2n) is 7.44. The van der Waals surface area contributed by atoms with E-state index in [2.05, 4.69) is 16.9 Å². The van der Waals surface area contributed by atoms with E-state index in [4.69, 9.17) is 5.73 Å². The zero-order valence-electron chi connectivity index (χ0n) is 16.7. The second-order valence-corrected chi connectivity index (χ2v) is 7.44. The zero-order chi connectivity index (χ0) is 19.0. The zero-order valence-corrected chi connectivity index (χ0v) is 16.7. The molecule has 150 valence electrons. The van der Waals surface area contributed by atoms with Gasteiger partial charge in [0.15, 0.2) is 5.69 Å². The van der Waals surface area contributed by atoms with Gasteiger partial charge in [-0.2, -0.15) is 0 Å². The summed E-state index contributed by atoms with van der Waals surface area (Å²) in [6, 6.07) is 0. The number of aromatic amines is 1. The van der Waals surface area contributed by atoms with Crippen molar-refractivity contribution in [2.24, 2.45) is 5.73 Å². The summed E-state index contributed by atoms with van der Waals surface area (Å²) >= 11 is 0. The average molecular weight is 366 g/mol. The van der Waals surface area contributed by atoms with Gasteiger partial charge in [0.1, 0.15) is 5.82 Å². The van der Waals surface area contributed by atoms with Gasteiger partial charge >= 0.3 is 0 Å². The van der Waals surface area contributed by atoms with Crippen LogP contribution in [0.1, 0.15) is 120 Å². The number of unbranched alkanes of at least 4 members (excludes halogenated alkanes) is 14. The van der Waals surface area contributed by atoms with Crippen molar-refractivity contribution in [3.8, 4) is 5.88 Å². The van der Waals surface area contributed by atoms with E-state index in [0.29, 0.717) is 5.82 Å². The predicted octanol–water partition coefficient (Wildman–Crippen LogP) is 5.63. The number of nitrogens with one attached hydrogen (secondary N) is 1. The van der Waals surface area contributed by atoms with Crippen molar-refractivity contribution >= 4 is 5.91 Å². The number of amides is 1. The molecule has 0 fully saturated rings. The van der Waals surface area contributed by atoms with Crippen molar-refractivity contribution in [3.05, 3.63) is 11.5 Å². The highest BCUT2D eigenvalue weighted by molar-refractivity contribution is 5.93. The highest BCUT2D eigenvalue weighted by Crippen LogP contribution is 2.16. The number of aromatic hydroxyl groups is 1. The third-order valence-electron chi connectivity index (χ3n) is 4.98. The third-order valence-corrected chi connectivity index (χ3v) is 4.98. The molecule has 1 heterocycles. The quantitative estimate of drug-likeness (QED) is 0.312. The Bertz CT molecular complexity index is 486. The van der Waals surface area contributed by atoms with Crippen molar-refractivity contribution < 1.29 is 9.90 Å². The molecule has 5 heteroatoms. The third kappa shape index (κ3) is 10.5. The molecular formula is C21H39N3O2. The van der Waals surface area contributed by atoms with Gasteiger partial charge in [0, 0.05) is 6.42 Å². The number of hydrogen-bond acceptors (Lipinski definition) is 3. The minimum Gasteiger partial charge on any atom is -0.493 e. The van der Waals surface area contributed by atoms with Gasteiger partial charge in [-0.15, -0.1) is 0 Å². The monoisotopic (exact) mass is 365 g/mol. The maximum atomic E-state index is 11.0. The van der Waals surface area contributed by atoms with Crippen molar-refractivity contribution in [1.82, 2.24) is 9.97 Å². The molecule has 1 amide bonds. The molecule has 26 heavy (non-hydrogen) atoms. The fourth-order valence-electron chi connectivity index (χ4n) is 3.37. The average Bonchev–Trinajstić information content (AvgIpc) is 2.99. The van der Waals surface area contributed by atoms with E-state index in [1.807, 2.05) is 0 Å². The number of hydrogen-bond donors (Lipinski definition) is 3. The van der Waals surface area contributed by atoms with Crippen LogP contribution in [0.25, 0.3) is 0 Å². The lowest BCUT2D eigenvalue weighted by atomic mass is 10.0. The minimum absolute atomic E-state index is 0.0547. The molecule has 0 atom stereocenters. The Morgan fingerprint density at radius 3 is 1.65 bits per heavy atom. The Balaban J connectivity index is 1.85. The first-order valence-corrected chi connectivity index (χ1v) is 10.7. The molecule has 0 radical (unpaired) electrons. The van der Waals surface area contributed by atoms with E-state index < -0.39 is 5.91 Å². The van der Waals surface area contributed by atoms with Crippen LogP contribution in [-0.2, 0) is 6.42 Å². The standard InChI is InChI=1S/C21H39N3O2/c1-2-3-4-5-6-7-8-9-10-11-12-13-14-15-16-17-18-23-19(20(22)25)21(26)24-18/h26H,2-17H2,1H3,(H2,22,25)(H,23,24). The molecule has 1 aromatic heterocycles. The van der Waals surface area contributed by atoms with Crippen LogP contribution in [0.3, 0.4) is 0 Å². The Kier molecular flexibility index (Phi) is 12.7. The molecule has 0 aliphatic rings. The number of aromatic nitrogens is 2. The van der Waals surface area contributed by atoms with Gasteiger partial charge in [-0.1, -0.05) is 96.8 Å². The van der Waals surface area contributed by atoms with Crippen LogP contribution >= 0.6 is 0 Å². The lowest BCUT2D eigenvalue weighted by molar-refractivity contribution is 0.0993. The van der Waals surface area contributed by atoms with Crippen molar-refractivity contribution in [3.63, 3.8) is 0 Å². The molecule has 0 saturated heterocycles. The summed E-state index contributed by atoms with van der Waals surface area (Å²) in [7, 11) is 0. The highest BCUT2D eigenvalue weighted by Gasteiger charge is 2.13. The van der Waals surface area contributed by atoms with Crippen molar-refractivity contribution in [1.29, 1.82) is 0 Å². The number of imidazole rings is 1. The van der Waals surface area contributed by atoms with E-state index in [1.165, 1.54) is 83.5 Å². The first-order valence-electron chi connectivity index (χ1n) is 10.7. The normalized spacial score (nSPS) is 11.1. The van der Waals surface area contributed by atoms with E-state index in [9.17, 15) is 9.90 Å². The van der Waals surface area contributed by atoms with Crippen molar-refractivity contribution in [2.75, 3.05) is 0 Å². The van der Waals surface area contributed by atoms with Gasteiger partial charge in [-0.3, -0.25) is 4.79 Å². The fraction of sp³-hybridized carbons (Fsp3) is 0.810.